The fourth-order valence-corrected chi connectivity index (χ4v) is 5.26. The van der Waals surface area contributed by atoms with Crippen molar-refractivity contribution in [3.63, 3.8) is 0 Å². The molecule has 0 saturated carbocycles. The van der Waals surface area contributed by atoms with Crippen molar-refractivity contribution in [1.82, 2.24) is 10.3 Å². The van der Waals surface area contributed by atoms with Gasteiger partial charge >= 0.3 is 0 Å². The summed E-state index contributed by atoms with van der Waals surface area (Å²) in [5.74, 6) is -0.551. The second-order valence-corrected chi connectivity index (χ2v) is 8.61. The number of rotatable bonds is 3. The topological polar surface area (TPSA) is 74.5 Å². The van der Waals surface area contributed by atoms with Gasteiger partial charge in [-0.05, 0) is 43.2 Å². The van der Waals surface area contributed by atoms with E-state index in [2.05, 4.69) is 21.3 Å². The van der Waals surface area contributed by atoms with Gasteiger partial charge in [-0.3, -0.25) is 9.78 Å². The average molecular weight is 412 g/mol. The first-order chi connectivity index (χ1) is 14.1. The van der Waals surface area contributed by atoms with E-state index in [1.165, 1.54) is 36.7 Å². The van der Waals surface area contributed by atoms with Gasteiger partial charge in [0.15, 0.2) is 0 Å². The van der Waals surface area contributed by atoms with Crippen LogP contribution in [0.5, 0.6) is 0 Å². The van der Waals surface area contributed by atoms with E-state index in [0.29, 0.717) is 23.6 Å². The molecule has 0 aliphatic carbocycles. The molecule has 2 aromatic rings. The number of nitrogen functional groups attached to an aromatic ring is 1. The van der Waals surface area contributed by atoms with Crippen LogP contribution in [-0.2, 0) is 4.79 Å². The number of anilines is 3. The van der Waals surface area contributed by atoms with Crippen LogP contribution in [0.1, 0.15) is 30.3 Å². The minimum absolute atomic E-state index is 0.0486. The van der Waals surface area contributed by atoms with Crippen molar-refractivity contribution >= 4 is 34.7 Å². The number of carbonyl (C=O) groups excluding carboxylic acids is 1. The Morgan fingerprint density at radius 2 is 1.93 bits per heavy atom. The van der Waals surface area contributed by atoms with E-state index in [4.69, 9.17) is 5.73 Å². The number of halogens is 1. The maximum atomic E-state index is 13.5. The quantitative estimate of drug-likeness (QED) is 0.755. The second kappa shape index (κ2) is 7.26. The maximum absolute atomic E-state index is 13.5. The number of nitrogens with zero attached hydrogens (tertiary/aromatic N) is 3. The number of carbonyl (C=O) groups is 1. The molecule has 6 nitrogen and oxygen atoms in total. The molecule has 3 N–H and O–H groups in total. The Labute approximate surface area is 173 Å². The third kappa shape index (κ3) is 3.31. The molecule has 150 valence electrons. The van der Waals surface area contributed by atoms with Gasteiger partial charge in [0, 0.05) is 37.4 Å². The summed E-state index contributed by atoms with van der Waals surface area (Å²) in [6, 6.07) is 8.57. The summed E-state index contributed by atoms with van der Waals surface area (Å²) in [7, 11) is 0. The monoisotopic (exact) mass is 411 g/mol. The number of hydrogen-bond acceptors (Lipinski definition) is 6. The number of hydrogen-bond donors (Lipinski definition) is 2. The normalized spacial score (nSPS) is 21.6. The van der Waals surface area contributed by atoms with Gasteiger partial charge in [0.05, 0.1) is 28.2 Å². The summed E-state index contributed by atoms with van der Waals surface area (Å²) < 4.78 is 13.5. The molecule has 3 aliphatic heterocycles. The first kappa shape index (κ1) is 18.3. The van der Waals surface area contributed by atoms with Crippen LogP contribution in [0.2, 0.25) is 0 Å². The van der Waals surface area contributed by atoms with Crippen LogP contribution in [-0.4, -0.2) is 30.5 Å². The van der Waals surface area contributed by atoms with Gasteiger partial charge in [-0.1, -0.05) is 11.8 Å². The van der Waals surface area contributed by atoms with E-state index in [9.17, 15) is 9.18 Å². The molecule has 0 spiro atoms. The molecule has 5 rings (SSSR count). The average Bonchev–Trinajstić information content (AvgIpc) is 3.41. The summed E-state index contributed by atoms with van der Waals surface area (Å²) in [6.07, 6.45) is 5.11. The first-order valence-electron chi connectivity index (χ1n) is 9.84. The summed E-state index contributed by atoms with van der Waals surface area (Å²) in [5, 5.41) is 3.38. The van der Waals surface area contributed by atoms with Crippen molar-refractivity contribution in [1.29, 1.82) is 0 Å². The third-order valence-electron chi connectivity index (χ3n) is 5.64. The molecule has 3 aliphatic rings. The van der Waals surface area contributed by atoms with Gasteiger partial charge in [-0.25, -0.2) is 4.39 Å². The van der Waals surface area contributed by atoms with Crippen LogP contribution in [0.4, 0.5) is 21.5 Å². The van der Waals surface area contributed by atoms with Gasteiger partial charge in [0.25, 0.3) is 5.91 Å². The number of amides is 1. The molecule has 29 heavy (non-hydrogen) atoms. The van der Waals surface area contributed by atoms with Crippen LogP contribution in [0.15, 0.2) is 47.1 Å². The number of thioether (sulfide) groups is 1. The molecular weight excluding hydrogens is 389 g/mol. The van der Waals surface area contributed by atoms with E-state index in [-0.39, 0.29) is 17.0 Å². The SMILES string of the molecule is Nc1cc(N2CCC3=C(SC(c4ccc(N5CCCC5)cn4)N3)C2=O)ccc1F. The van der Waals surface area contributed by atoms with Crippen molar-refractivity contribution in [2.24, 2.45) is 0 Å². The van der Waals surface area contributed by atoms with Crippen molar-refractivity contribution in [2.75, 3.05) is 35.2 Å². The largest absolute Gasteiger partial charge is 0.396 e. The second-order valence-electron chi connectivity index (χ2n) is 7.50. The Morgan fingerprint density at radius 3 is 2.66 bits per heavy atom. The lowest BCUT2D eigenvalue weighted by Crippen LogP contribution is -2.37. The van der Waals surface area contributed by atoms with Crippen molar-refractivity contribution in [3.8, 4) is 0 Å². The molecule has 0 bridgehead atoms. The number of aromatic nitrogens is 1. The number of nitrogens with two attached hydrogens (primary N) is 1. The van der Waals surface area contributed by atoms with Gasteiger partial charge < -0.3 is 20.9 Å². The zero-order chi connectivity index (χ0) is 20.0. The lowest BCUT2D eigenvalue weighted by Gasteiger charge is -2.27. The predicted octanol–water partition coefficient (Wildman–Crippen LogP) is 3.39. The summed E-state index contributed by atoms with van der Waals surface area (Å²) in [6.45, 7) is 2.71. The zero-order valence-electron chi connectivity index (χ0n) is 15.9. The number of pyridine rings is 1. The maximum Gasteiger partial charge on any atom is 0.266 e. The predicted molar refractivity (Wildman–Crippen MR) is 114 cm³/mol. The standard InChI is InChI=1S/C21H22FN5OS/c22-15-5-3-13(11-16(15)23)27-10-7-17-19(21(27)28)29-20(25-17)18-6-4-14(12-24-18)26-8-1-2-9-26/h3-6,11-12,20,25H,1-2,7-10,23H2. The Bertz CT molecular complexity index is 987. The van der Waals surface area contributed by atoms with Crippen LogP contribution in [0.3, 0.4) is 0 Å². The molecule has 1 aromatic carbocycles. The van der Waals surface area contributed by atoms with E-state index in [0.717, 1.165) is 30.2 Å². The van der Waals surface area contributed by atoms with Crippen LogP contribution in [0, 0.1) is 5.82 Å². The Hall–Kier alpha value is -2.74. The molecule has 1 aromatic heterocycles. The Kier molecular flexibility index (Phi) is 4.58. The highest BCUT2D eigenvalue weighted by Crippen LogP contribution is 2.44. The molecule has 1 atom stereocenters. The third-order valence-corrected chi connectivity index (χ3v) is 6.89. The number of benzene rings is 1. The van der Waals surface area contributed by atoms with E-state index in [1.54, 1.807) is 11.0 Å². The summed E-state index contributed by atoms with van der Waals surface area (Å²) in [4.78, 5) is 22.4. The molecule has 1 unspecified atom stereocenters. The van der Waals surface area contributed by atoms with Crippen molar-refractivity contribution < 1.29 is 9.18 Å². The molecule has 1 amide bonds. The molecule has 8 heteroatoms. The van der Waals surface area contributed by atoms with Gasteiger partial charge in [-0.2, -0.15) is 0 Å². The molecule has 0 radical (unpaired) electrons. The van der Waals surface area contributed by atoms with Crippen LogP contribution < -0.4 is 20.9 Å². The van der Waals surface area contributed by atoms with E-state index < -0.39 is 5.82 Å². The minimum atomic E-state index is -0.474. The highest BCUT2D eigenvalue weighted by molar-refractivity contribution is 8.04. The van der Waals surface area contributed by atoms with Gasteiger partial charge in [-0.15, -0.1) is 0 Å². The molecular formula is C21H22FN5OS. The highest BCUT2D eigenvalue weighted by Gasteiger charge is 2.36. The van der Waals surface area contributed by atoms with Crippen LogP contribution in [0.25, 0.3) is 0 Å². The lowest BCUT2D eigenvalue weighted by molar-refractivity contribution is -0.114. The highest BCUT2D eigenvalue weighted by atomic mass is 32.2. The van der Waals surface area contributed by atoms with Crippen LogP contribution >= 0.6 is 11.8 Å². The van der Waals surface area contributed by atoms with Gasteiger partial charge in [0.1, 0.15) is 11.2 Å². The van der Waals surface area contributed by atoms with E-state index >= 15 is 0 Å². The van der Waals surface area contributed by atoms with E-state index in [1.807, 2.05) is 12.3 Å². The van der Waals surface area contributed by atoms with Gasteiger partial charge in [0.2, 0.25) is 0 Å². The summed E-state index contributed by atoms with van der Waals surface area (Å²) >= 11 is 1.50. The van der Waals surface area contributed by atoms with Crippen molar-refractivity contribution in [2.45, 2.75) is 24.6 Å². The molecule has 1 saturated heterocycles. The molecule has 4 heterocycles. The smallest absolute Gasteiger partial charge is 0.266 e. The first-order valence-corrected chi connectivity index (χ1v) is 10.7. The molecule has 1 fully saturated rings. The summed E-state index contributed by atoms with van der Waals surface area (Å²) in [5.41, 5.74) is 9.38. The lowest BCUT2D eigenvalue weighted by atomic mass is 10.1. The number of nitrogens with one attached hydrogen (secondary N) is 1. The zero-order valence-corrected chi connectivity index (χ0v) is 16.7. The fourth-order valence-electron chi connectivity index (χ4n) is 4.05. The Balaban J connectivity index is 1.31. The fraction of sp³-hybridized carbons (Fsp3) is 0.333. The van der Waals surface area contributed by atoms with Crippen molar-refractivity contribution in [3.05, 3.63) is 58.6 Å². The Morgan fingerprint density at radius 1 is 1.14 bits per heavy atom. The minimum Gasteiger partial charge on any atom is -0.396 e.